The van der Waals surface area contributed by atoms with E-state index in [1.807, 2.05) is 18.3 Å². The van der Waals surface area contributed by atoms with E-state index in [0.717, 1.165) is 86.8 Å². The number of rotatable bonds is 12. The minimum absolute atomic E-state index is 0.0983. The molecule has 0 radical (unpaired) electrons. The molecule has 2 bridgehead atoms. The number of aliphatic imine (C=N–C) groups is 1. The van der Waals surface area contributed by atoms with Gasteiger partial charge >= 0.3 is 0 Å². The van der Waals surface area contributed by atoms with Crippen molar-refractivity contribution in [1.82, 2.24) is 9.88 Å². The maximum Gasteiger partial charge on any atom is 0.150 e. The lowest BCUT2D eigenvalue weighted by Gasteiger charge is -2.48. The zero-order valence-corrected chi connectivity index (χ0v) is 27.6. The van der Waals surface area contributed by atoms with Gasteiger partial charge in [-0.1, -0.05) is 39.0 Å². The molecule has 1 saturated heterocycles. The summed E-state index contributed by atoms with van der Waals surface area (Å²) in [4.78, 5) is 29.2. The highest BCUT2D eigenvalue weighted by molar-refractivity contribution is 5.84. The smallest absolute Gasteiger partial charge is 0.150 e. The molecule has 1 aromatic heterocycles. The fraction of sp³-hybridized carbons (Fsp3) is 0.513. The van der Waals surface area contributed by atoms with Gasteiger partial charge in [-0.2, -0.15) is 0 Å². The van der Waals surface area contributed by atoms with Crippen LogP contribution < -0.4 is 9.80 Å². The number of pyridine rings is 1. The highest BCUT2D eigenvalue weighted by Gasteiger charge is 2.61. The van der Waals surface area contributed by atoms with Crippen LogP contribution in [0.1, 0.15) is 96.6 Å². The molecule has 2 aromatic carbocycles. The lowest BCUT2D eigenvalue weighted by atomic mass is 9.56. The van der Waals surface area contributed by atoms with Crippen molar-refractivity contribution in [3.05, 3.63) is 82.2 Å². The molecule has 1 aliphatic heterocycles. The van der Waals surface area contributed by atoms with E-state index in [4.69, 9.17) is 4.98 Å². The van der Waals surface area contributed by atoms with Crippen LogP contribution in [0.5, 0.6) is 0 Å². The highest BCUT2D eigenvalue weighted by Crippen LogP contribution is 2.70. The van der Waals surface area contributed by atoms with Crippen LogP contribution in [-0.4, -0.2) is 68.2 Å². The first-order chi connectivity index (χ1) is 21.9. The lowest BCUT2D eigenvalue weighted by Crippen LogP contribution is -2.55. The Balaban J connectivity index is 1.09. The molecule has 4 unspecified atom stereocenters. The first-order valence-corrected chi connectivity index (χ1v) is 17.3. The average molecular weight is 604 g/mol. The second-order valence-corrected chi connectivity index (χ2v) is 14.2. The zero-order chi connectivity index (χ0) is 31.3. The van der Waals surface area contributed by atoms with Crippen molar-refractivity contribution in [3.63, 3.8) is 0 Å². The second-order valence-electron chi connectivity index (χ2n) is 14.2. The summed E-state index contributed by atoms with van der Waals surface area (Å²) < 4.78 is 0. The van der Waals surface area contributed by atoms with Gasteiger partial charge in [0.15, 0.2) is 0 Å². The Morgan fingerprint density at radius 2 is 1.98 bits per heavy atom. The Morgan fingerprint density at radius 3 is 2.67 bits per heavy atom. The van der Waals surface area contributed by atoms with Gasteiger partial charge in [-0.15, -0.1) is 0 Å². The number of aryl methyl sites for hydroxylation is 2. The molecule has 6 heteroatoms. The quantitative estimate of drug-likeness (QED) is 0.159. The molecule has 4 atom stereocenters. The van der Waals surface area contributed by atoms with Gasteiger partial charge in [0.25, 0.3) is 0 Å². The number of carbonyl (C=O) groups is 1. The third-order valence-electron chi connectivity index (χ3n) is 11.7. The number of piperazine rings is 1. The summed E-state index contributed by atoms with van der Waals surface area (Å²) in [6.45, 7) is 19.1. The first kappa shape index (κ1) is 30.2. The Labute approximate surface area is 269 Å². The normalized spacial score (nSPS) is 25.5. The molecule has 6 nitrogen and oxygen atoms in total. The predicted octanol–water partition coefficient (Wildman–Crippen LogP) is 7.46. The molecule has 7 rings (SSSR count). The van der Waals surface area contributed by atoms with E-state index < -0.39 is 0 Å². The maximum atomic E-state index is 11.9. The molecule has 3 aromatic rings. The number of hydrogen-bond donors (Lipinski definition) is 0. The fourth-order valence-corrected chi connectivity index (χ4v) is 8.78. The van der Waals surface area contributed by atoms with E-state index in [-0.39, 0.29) is 5.41 Å². The van der Waals surface area contributed by atoms with E-state index in [1.54, 1.807) is 11.1 Å². The van der Waals surface area contributed by atoms with Crippen molar-refractivity contribution in [1.29, 1.82) is 0 Å². The van der Waals surface area contributed by atoms with Crippen molar-refractivity contribution in [2.45, 2.75) is 83.1 Å². The standard InChI is InChI=1S/C39H49N5O/c1-6-29-19-28(25-45)20-35(38(29)40-5)43(23-27-12-13-27)17-15-42-16-18-44(24-30(42)7-2)34-10-8-9-31-32-21-33(37(31)34)39(32,4)36-14-11-26(3)22-41-36/h8-11,14,19-20,22,25,27,30,32-33H,5-7,12-13,15-18,21,23-24H2,1-4H3. The number of benzene rings is 2. The van der Waals surface area contributed by atoms with E-state index in [0.29, 0.717) is 17.9 Å². The van der Waals surface area contributed by atoms with Gasteiger partial charge in [0.2, 0.25) is 0 Å². The summed E-state index contributed by atoms with van der Waals surface area (Å²) in [5.74, 6) is 1.84. The van der Waals surface area contributed by atoms with Crippen molar-refractivity contribution in [3.8, 4) is 0 Å². The Hall–Kier alpha value is -3.51. The number of aromatic nitrogens is 1. The van der Waals surface area contributed by atoms with Crippen LogP contribution in [0.25, 0.3) is 0 Å². The summed E-state index contributed by atoms with van der Waals surface area (Å²) in [6, 6.07) is 16.1. The summed E-state index contributed by atoms with van der Waals surface area (Å²) in [5, 5.41) is 0. The summed E-state index contributed by atoms with van der Waals surface area (Å²) in [6.07, 6.45) is 8.81. The molecule has 0 amide bonds. The molecule has 45 heavy (non-hydrogen) atoms. The van der Waals surface area contributed by atoms with E-state index >= 15 is 0 Å². The molecule has 0 spiro atoms. The third-order valence-corrected chi connectivity index (χ3v) is 11.7. The van der Waals surface area contributed by atoms with Crippen molar-refractivity contribution in [2.24, 2.45) is 10.9 Å². The Morgan fingerprint density at radius 1 is 1.13 bits per heavy atom. The molecule has 2 heterocycles. The van der Waals surface area contributed by atoms with Gasteiger partial charge in [0, 0.05) is 73.9 Å². The van der Waals surface area contributed by atoms with Crippen LogP contribution >= 0.6 is 0 Å². The number of aldehydes is 1. The lowest BCUT2D eigenvalue weighted by molar-refractivity contribution is 0.112. The topological polar surface area (TPSA) is 52.0 Å². The summed E-state index contributed by atoms with van der Waals surface area (Å²) in [7, 11) is 0. The Kier molecular flexibility index (Phi) is 8.05. The van der Waals surface area contributed by atoms with Crippen molar-refractivity contribution >= 4 is 30.1 Å². The fourth-order valence-electron chi connectivity index (χ4n) is 8.78. The van der Waals surface area contributed by atoms with Crippen molar-refractivity contribution < 1.29 is 4.79 Å². The van der Waals surface area contributed by atoms with Crippen LogP contribution in [0.3, 0.4) is 0 Å². The summed E-state index contributed by atoms with van der Waals surface area (Å²) >= 11 is 0. The SMILES string of the molecule is C=Nc1c(CC)cc(C=O)cc1N(CCN1CCN(c2cccc3c2C2CC3C2(C)c2ccc(C)cn2)CC1CC)CC1CC1. The predicted molar refractivity (Wildman–Crippen MR) is 186 cm³/mol. The number of fused-ring (bicyclic) bond motifs is 5. The molecule has 3 aliphatic carbocycles. The van der Waals surface area contributed by atoms with Crippen LogP contribution in [0.2, 0.25) is 0 Å². The van der Waals surface area contributed by atoms with Gasteiger partial charge in [-0.05, 0) is 110 Å². The number of carbonyl (C=O) groups excluding carboxylic acids is 1. The maximum absolute atomic E-state index is 11.9. The summed E-state index contributed by atoms with van der Waals surface area (Å²) in [5.41, 5.74) is 11.1. The molecule has 0 N–H and O–H groups in total. The van der Waals surface area contributed by atoms with Crippen molar-refractivity contribution in [2.75, 3.05) is 49.1 Å². The van der Waals surface area contributed by atoms with Crippen LogP contribution in [0.4, 0.5) is 17.1 Å². The number of nitrogens with zero attached hydrogens (tertiary/aromatic N) is 5. The monoisotopic (exact) mass is 603 g/mol. The number of hydrogen-bond acceptors (Lipinski definition) is 6. The van der Waals surface area contributed by atoms with Gasteiger partial charge < -0.3 is 9.80 Å². The minimum atomic E-state index is 0.0983. The number of anilines is 2. The first-order valence-electron chi connectivity index (χ1n) is 17.3. The van der Waals surface area contributed by atoms with E-state index in [1.165, 1.54) is 36.2 Å². The van der Waals surface area contributed by atoms with Gasteiger partial charge in [0.05, 0.1) is 11.4 Å². The van der Waals surface area contributed by atoms with Gasteiger partial charge in [-0.25, -0.2) is 0 Å². The highest BCUT2D eigenvalue weighted by atomic mass is 16.1. The zero-order valence-electron chi connectivity index (χ0n) is 27.6. The molecule has 236 valence electrons. The molecular formula is C39H49N5O. The van der Waals surface area contributed by atoms with Gasteiger partial charge in [0.1, 0.15) is 6.29 Å². The van der Waals surface area contributed by atoms with Gasteiger partial charge in [-0.3, -0.25) is 19.7 Å². The van der Waals surface area contributed by atoms with E-state index in [2.05, 4.69) is 84.4 Å². The third kappa shape index (κ3) is 5.19. The average Bonchev–Trinajstić information content (AvgIpc) is 3.74. The molecule has 2 saturated carbocycles. The largest absolute Gasteiger partial charge is 0.368 e. The van der Waals surface area contributed by atoms with E-state index in [9.17, 15) is 4.79 Å². The van der Waals surface area contributed by atoms with Crippen LogP contribution in [0.15, 0.2) is 53.7 Å². The Bertz CT molecular complexity index is 1580. The van der Waals surface area contributed by atoms with Crippen LogP contribution in [0, 0.1) is 12.8 Å². The van der Waals surface area contributed by atoms with Crippen LogP contribution in [-0.2, 0) is 11.8 Å². The second kappa shape index (κ2) is 12.0. The molecule has 3 fully saturated rings. The molecule has 4 aliphatic rings. The minimum Gasteiger partial charge on any atom is -0.368 e. The molecular weight excluding hydrogens is 554 g/mol.